The molecule has 0 aliphatic heterocycles. The molecule has 18 heavy (non-hydrogen) atoms. The van der Waals surface area contributed by atoms with Crippen molar-refractivity contribution in [1.29, 1.82) is 0 Å². The van der Waals surface area contributed by atoms with E-state index in [1.54, 1.807) is 0 Å². The number of aliphatic hydroxyl groups is 2. The summed E-state index contributed by atoms with van der Waals surface area (Å²) in [4.78, 5) is 0. The van der Waals surface area contributed by atoms with Gasteiger partial charge in [-0.05, 0) is 30.4 Å². The van der Waals surface area contributed by atoms with Crippen LogP contribution in [0.3, 0.4) is 0 Å². The Balaban J connectivity index is 2.30. The third kappa shape index (κ3) is 2.74. The Hall–Kier alpha value is -0.910. The molecule has 4 nitrogen and oxygen atoms in total. The van der Waals surface area contributed by atoms with Crippen LogP contribution < -0.4 is 0 Å². The summed E-state index contributed by atoms with van der Waals surface area (Å²) in [7, 11) is -3.42. The second-order valence-corrected chi connectivity index (χ2v) is 6.97. The van der Waals surface area contributed by atoms with Crippen molar-refractivity contribution in [3.63, 3.8) is 0 Å². The molecule has 1 aromatic carbocycles. The predicted molar refractivity (Wildman–Crippen MR) is 69.0 cm³/mol. The summed E-state index contributed by atoms with van der Waals surface area (Å²) in [5, 5.41) is 17.6. The van der Waals surface area contributed by atoms with Crippen molar-refractivity contribution in [1.82, 2.24) is 0 Å². The maximum absolute atomic E-state index is 12.2. The minimum atomic E-state index is -3.42. The maximum Gasteiger partial charge on any atom is 0.159 e. The monoisotopic (exact) mass is 270 g/mol. The smallest absolute Gasteiger partial charge is 0.159 e. The van der Waals surface area contributed by atoms with Gasteiger partial charge in [0, 0.05) is 0 Å². The molecule has 0 radical (unpaired) electrons. The Morgan fingerprint density at radius 3 is 2.78 bits per heavy atom. The highest BCUT2D eigenvalue weighted by Crippen LogP contribution is 2.35. The summed E-state index contributed by atoms with van der Waals surface area (Å²) in [5.74, 6) is -0.373. The number of hydrogen-bond acceptors (Lipinski definition) is 4. The van der Waals surface area contributed by atoms with Crippen molar-refractivity contribution in [3.05, 3.63) is 35.4 Å². The van der Waals surface area contributed by atoms with Crippen LogP contribution in [0.1, 0.15) is 29.2 Å². The lowest BCUT2D eigenvalue weighted by atomic mass is 9.91. The van der Waals surface area contributed by atoms with E-state index in [4.69, 9.17) is 5.11 Å². The van der Waals surface area contributed by atoms with Crippen LogP contribution in [0, 0.1) is 0 Å². The summed E-state index contributed by atoms with van der Waals surface area (Å²) in [6, 6.07) is 7.56. The fraction of sp³-hybridized carbons (Fsp3) is 0.538. The SMILES string of the molecule is O=S(=O)(C[C@@H](O)CO)[C@H]1CCCc2ccccc21. The van der Waals surface area contributed by atoms with Crippen molar-refractivity contribution in [2.45, 2.75) is 30.6 Å². The van der Waals surface area contributed by atoms with Crippen LogP contribution >= 0.6 is 0 Å². The molecule has 2 atom stereocenters. The van der Waals surface area contributed by atoms with Crippen molar-refractivity contribution in [2.75, 3.05) is 12.4 Å². The van der Waals surface area contributed by atoms with Gasteiger partial charge in [-0.3, -0.25) is 0 Å². The van der Waals surface area contributed by atoms with E-state index in [0.717, 1.165) is 24.0 Å². The van der Waals surface area contributed by atoms with Crippen LogP contribution in [0.2, 0.25) is 0 Å². The standard InChI is InChI=1S/C13H18O4S/c14-8-11(15)9-18(16,17)13-7-3-5-10-4-1-2-6-12(10)13/h1-2,4,6,11,13-15H,3,5,7-9H2/t11-,13-/m0/s1. The largest absolute Gasteiger partial charge is 0.394 e. The minimum Gasteiger partial charge on any atom is -0.394 e. The molecule has 100 valence electrons. The number of aliphatic hydroxyl groups excluding tert-OH is 2. The quantitative estimate of drug-likeness (QED) is 0.850. The zero-order valence-corrected chi connectivity index (χ0v) is 10.9. The fourth-order valence-corrected chi connectivity index (χ4v) is 4.54. The molecule has 1 aromatic rings. The molecule has 0 unspecified atom stereocenters. The zero-order valence-electron chi connectivity index (χ0n) is 10.1. The van der Waals surface area contributed by atoms with Crippen molar-refractivity contribution >= 4 is 9.84 Å². The van der Waals surface area contributed by atoms with Gasteiger partial charge in [-0.15, -0.1) is 0 Å². The molecule has 0 saturated carbocycles. The van der Waals surface area contributed by atoms with Crippen LogP contribution in [0.15, 0.2) is 24.3 Å². The topological polar surface area (TPSA) is 74.6 Å². The summed E-state index contributed by atoms with van der Waals surface area (Å²) in [6.45, 7) is -0.520. The lowest BCUT2D eigenvalue weighted by Crippen LogP contribution is -2.29. The molecule has 1 aliphatic rings. The molecule has 0 fully saturated rings. The average molecular weight is 270 g/mol. The number of benzene rings is 1. The second kappa shape index (κ2) is 5.38. The van der Waals surface area contributed by atoms with Gasteiger partial charge >= 0.3 is 0 Å². The van der Waals surface area contributed by atoms with E-state index in [1.165, 1.54) is 0 Å². The zero-order chi connectivity index (χ0) is 13.2. The first kappa shape index (κ1) is 13.5. The molecule has 1 aliphatic carbocycles. The molecule has 2 rings (SSSR count). The van der Waals surface area contributed by atoms with Crippen LogP contribution in [-0.2, 0) is 16.3 Å². The average Bonchev–Trinajstić information content (AvgIpc) is 2.37. The van der Waals surface area contributed by atoms with E-state index < -0.39 is 27.8 Å². The molecule has 0 amide bonds. The van der Waals surface area contributed by atoms with Gasteiger partial charge in [-0.2, -0.15) is 0 Å². The number of fused-ring (bicyclic) bond motifs is 1. The highest BCUT2D eigenvalue weighted by atomic mass is 32.2. The first-order valence-corrected chi connectivity index (χ1v) is 7.84. The lowest BCUT2D eigenvalue weighted by Gasteiger charge is -2.26. The lowest BCUT2D eigenvalue weighted by molar-refractivity contribution is 0.112. The molecule has 0 aromatic heterocycles. The van der Waals surface area contributed by atoms with E-state index >= 15 is 0 Å². The highest BCUT2D eigenvalue weighted by Gasteiger charge is 2.32. The Labute approximate surface area is 107 Å². The molecular formula is C13H18O4S. The third-order valence-corrected chi connectivity index (χ3v) is 5.59. The Kier molecular flexibility index (Phi) is 4.04. The molecule has 0 spiro atoms. The maximum atomic E-state index is 12.2. The number of hydrogen-bond donors (Lipinski definition) is 2. The van der Waals surface area contributed by atoms with Crippen molar-refractivity contribution < 1.29 is 18.6 Å². The second-order valence-electron chi connectivity index (χ2n) is 4.75. The predicted octanol–water partition coefficient (Wildman–Crippen LogP) is 0.832. The van der Waals surface area contributed by atoms with E-state index in [1.807, 2.05) is 24.3 Å². The first-order valence-electron chi connectivity index (χ1n) is 6.13. The minimum absolute atomic E-state index is 0.373. The third-order valence-electron chi connectivity index (χ3n) is 3.38. The normalized spacial score (nSPS) is 21.3. The van der Waals surface area contributed by atoms with Gasteiger partial charge < -0.3 is 10.2 Å². The Morgan fingerprint density at radius 1 is 1.33 bits per heavy atom. The van der Waals surface area contributed by atoms with Crippen molar-refractivity contribution in [3.8, 4) is 0 Å². The van der Waals surface area contributed by atoms with Crippen LogP contribution in [-0.4, -0.2) is 37.1 Å². The van der Waals surface area contributed by atoms with Crippen LogP contribution in [0.4, 0.5) is 0 Å². The van der Waals surface area contributed by atoms with E-state index in [9.17, 15) is 13.5 Å². The van der Waals surface area contributed by atoms with Gasteiger partial charge in [0.05, 0.1) is 23.7 Å². The highest BCUT2D eigenvalue weighted by molar-refractivity contribution is 7.91. The Morgan fingerprint density at radius 2 is 2.06 bits per heavy atom. The van der Waals surface area contributed by atoms with Crippen LogP contribution in [0.5, 0.6) is 0 Å². The molecule has 0 bridgehead atoms. The van der Waals surface area contributed by atoms with Gasteiger partial charge in [0.15, 0.2) is 9.84 Å². The van der Waals surface area contributed by atoms with Crippen molar-refractivity contribution in [2.24, 2.45) is 0 Å². The number of rotatable bonds is 4. The summed E-state index contributed by atoms with van der Waals surface area (Å²) < 4.78 is 24.5. The van der Waals surface area contributed by atoms with E-state index in [2.05, 4.69) is 0 Å². The van der Waals surface area contributed by atoms with E-state index in [0.29, 0.717) is 6.42 Å². The summed E-state index contributed by atoms with van der Waals surface area (Å²) in [6.07, 6.45) is 1.15. The van der Waals surface area contributed by atoms with E-state index in [-0.39, 0.29) is 5.75 Å². The molecule has 2 N–H and O–H groups in total. The van der Waals surface area contributed by atoms with Gasteiger partial charge in [-0.25, -0.2) is 8.42 Å². The molecular weight excluding hydrogens is 252 g/mol. The Bertz CT molecular complexity index is 509. The number of sulfone groups is 1. The van der Waals surface area contributed by atoms with Gasteiger partial charge in [0.25, 0.3) is 0 Å². The molecule has 0 heterocycles. The molecule has 5 heteroatoms. The molecule has 0 saturated heterocycles. The summed E-state index contributed by atoms with van der Waals surface area (Å²) in [5.41, 5.74) is 1.93. The van der Waals surface area contributed by atoms with Gasteiger partial charge in [-0.1, -0.05) is 24.3 Å². The number of aryl methyl sites for hydroxylation is 1. The summed E-state index contributed by atoms with van der Waals surface area (Å²) >= 11 is 0. The first-order chi connectivity index (χ1) is 8.54. The van der Waals surface area contributed by atoms with Gasteiger partial charge in [0.2, 0.25) is 0 Å². The fourth-order valence-electron chi connectivity index (χ4n) is 2.52. The van der Waals surface area contributed by atoms with Crippen LogP contribution in [0.25, 0.3) is 0 Å². The van der Waals surface area contributed by atoms with Gasteiger partial charge in [0.1, 0.15) is 0 Å².